The van der Waals surface area contributed by atoms with Crippen LogP contribution in [0.1, 0.15) is 37.6 Å². The van der Waals surface area contributed by atoms with Crippen LogP contribution in [0.15, 0.2) is 36.5 Å². The second-order valence-corrected chi connectivity index (χ2v) is 7.84. The lowest BCUT2D eigenvalue weighted by Gasteiger charge is -2.19. The van der Waals surface area contributed by atoms with Crippen molar-refractivity contribution in [3.05, 3.63) is 64.3 Å². The van der Waals surface area contributed by atoms with Gasteiger partial charge >= 0.3 is 0 Å². The van der Waals surface area contributed by atoms with Crippen molar-refractivity contribution in [3.63, 3.8) is 0 Å². The molecule has 0 atom stereocenters. The van der Waals surface area contributed by atoms with Gasteiger partial charge in [-0.25, -0.2) is 9.37 Å². The zero-order valence-electron chi connectivity index (χ0n) is 14.9. The Morgan fingerprint density at radius 2 is 2.00 bits per heavy atom. The third-order valence-electron chi connectivity index (χ3n) is 4.93. The Morgan fingerprint density at radius 3 is 2.65 bits per heavy atom. The standard InChI is InChI=1S/C20H19ClFN3O/c1-12(26)25-11-20(2,3)18-16(25)9-14(19-23-17(21)10-24(18)19)8-13-4-6-15(22)7-5-13/h4-7,9-10H,8,11H2,1-3H3. The molecular formula is C20H19ClFN3O. The number of anilines is 1. The fourth-order valence-corrected chi connectivity index (χ4v) is 4.01. The molecule has 134 valence electrons. The molecular weight excluding hydrogens is 353 g/mol. The van der Waals surface area contributed by atoms with Gasteiger partial charge < -0.3 is 4.90 Å². The second-order valence-electron chi connectivity index (χ2n) is 7.45. The number of pyridine rings is 1. The van der Waals surface area contributed by atoms with Crippen LogP contribution in [0.2, 0.25) is 5.15 Å². The molecule has 3 aromatic rings. The topological polar surface area (TPSA) is 37.6 Å². The van der Waals surface area contributed by atoms with E-state index in [2.05, 4.69) is 18.8 Å². The Bertz CT molecular complexity index is 1020. The van der Waals surface area contributed by atoms with Crippen LogP contribution in [0.25, 0.3) is 5.65 Å². The monoisotopic (exact) mass is 371 g/mol. The highest BCUT2D eigenvalue weighted by molar-refractivity contribution is 6.29. The SMILES string of the molecule is CC(=O)N1CC(C)(C)c2c1cc(Cc1ccc(F)cc1)c1nc(Cl)cn21. The van der Waals surface area contributed by atoms with Crippen LogP contribution < -0.4 is 4.90 Å². The molecule has 2 aromatic heterocycles. The van der Waals surface area contributed by atoms with E-state index in [0.717, 1.165) is 28.2 Å². The van der Waals surface area contributed by atoms with Gasteiger partial charge in [0.15, 0.2) is 0 Å². The van der Waals surface area contributed by atoms with E-state index in [1.807, 2.05) is 10.5 Å². The summed E-state index contributed by atoms with van der Waals surface area (Å²) in [5.41, 5.74) is 4.41. The van der Waals surface area contributed by atoms with Crippen LogP contribution in [0, 0.1) is 5.82 Å². The largest absolute Gasteiger partial charge is 0.310 e. The molecule has 0 N–H and O–H groups in total. The van der Waals surface area contributed by atoms with Crippen molar-refractivity contribution in [3.8, 4) is 0 Å². The van der Waals surface area contributed by atoms with Gasteiger partial charge in [-0.1, -0.05) is 37.6 Å². The number of amides is 1. The summed E-state index contributed by atoms with van der Waals surface area (Å²) in [6.07, 6.45) is 2.38. The predicted octanol–water partition coefficient (Wildman–Crippen LogP) is 4.36. The zero-order valence-corrected chi connectivity index (χ0v) is 15.6. The molecule has 1 aliphatic heterocycles. The first-order chi connectivity index (χ1) is 12.3. The molecule has 6 heteroatoms. The van der Waals surface area contributed by atoms with Crippen LogP contribution in [-0.4, -0.2) is 21.8 Å². The summed E-state index contributed by atoms with van der Waals surface area (Å²) in [6, 6.07) is 8.44. The number of aromatic nitrogens is 2. The van der Waals surface area contributed by atoms with Crippen LogP contribution >= 0.6 is 11.6 Å². The van der Waals surface area contributed by atoms with Crippen molar-refractivity contribution in [1.82, 2.24) is 9.38 Å². The van der Waals surface area contributed by atoms with Crippen molar-refractivity contribution < 1.29 is 9.18 Å². The Morgan fingerprint density at radius 1 is 1.31 bits per heavy atom. The fraction of sp³-hybridized carbons (Fsp3) is 0.300. The molecule has 0 fully saturated rings. The van der Waals surface area contributed by atoms with Crippen molar-refractivity contribution in [2.75, 3.05) is 11.4 Å². The molecule has 1 aromatic carbocycles. The Hall–Kier alpha value is -2.40. The number of imidazole rings is 1. The normalized spacial score (nSPS) is 15.5. The highest BCUT2D eigenvalue weighted by Crippen LogP contribution is 2.42. The van der Waals surface area contributed by atoms with Gasteiger partial charge in [-0.2, -0.15) is 0 Å². The lowest BCUT2D eigenvalue weighted by molar-refractivity contribution is -0.116. The smallest absolute Gasteiger partial charge is 0.223 e. The average Bonchev–Trinajstić information content (AvgIpc) is 3.07. The summed E-state index contributed by atoms with van der Waals surface area (Å²) in [6.45, 7) is 6.42. The van der Waals surface area contributed by atoms with Crippen LogP contribution in [0.5, 0.6) is 0 Å². The number of benzene rings is 1. The number of fused-ring (bicyclic) bond motifs is 3. The minimum absolute atomic E-state index is 0.00937. The summed E-state index contributed by atoms with van der Waals surface area (Å²) in [5.74, 6) is -0.253. The first-order valence-corrected chi connectivity index (χ1v) is 8.87. The molecule has 4 nitrogen and oxygen atoms in total. The number of carbonyl (C=O) groups excluding carboxylic acids is 1. The maximum absolute atomic E-state index is 13.2. The summed E-state index contributed by atoms with van der Waals surface area (Å²) in [4.78, 5) is 18.5. The lowest BCUT2D eigenvalue weighted by Crippen LogP contribution is -2.32. The predicted molar refractivity (Wildman–Crippen MR) is 100 cm³/mol. The number of nitrogens with zero attached hydrogens (tertiary/aromatic N) is 3. The number of hydrogen-bond acceptors (Lipinski definition) is 2. The van der Waals surface area contributed by atoms with Gasteiger partial charge in [0.2, 0.25) is 5.91 Å². The molecule has 26 heavy (non-hydrogen) atoms. The van der Waals surface area contributed by atoms with Gasteiger partial charge in [0, 0.05) is 37.1 Å². The maximum Gasteiger partial charge on any atom is 0.223 e. The van der Waals surface area contributed by atoms with Crippen molar-refractivity contribution >= 4 is 28.8 Å². The quantitative estimate of drug-likeness (QED) is 0.671. The fourth-order valence-electron chi connectivity index (χ4n) is 3.84. The van der Waals surface area contributed by atoms with Crippen LogP contribution in [0.4, 0.5) is 10.1 Å². The Labute approximate surface area is 156 Å². The molecule has 1 aliphatic rings. The lowest BCUT2D eigenvalue weighted by atomic mass is 9.90. The highest BCUT2D eigenvalue weighted by Gasteiger charge is 2.39. The van der Waals surface area contributed by atoms with Gasteiger partial charge in [0.1, 0.15) is 16.6 Å². The minimum Gasteiger partial charge on any atom is -0.310 e. The second kappa shape index (κ2) is 5.81. The first-order valence-electron chi connectivity index (χ1n) is 8.50. The van der Waals surface area contributed by atoms with Crippen LogP contribution in [-0.2, 0) is 16.6 Å². The summed E-state index contributed by atoms with van der Waals surface area (Å²) in [5, 5.41) is 0.413. The molecule has 4 rings (SSSR count). The maximum atomic E-state index is 13.2. The number of halogens is 2. The molecule has 1 amide bonds. The molecule has 0 aliphatic carbocycles. The van der Waals surface area contributed by atoms with E-state index in [1.165, 1.54) is 12.1 Å². The number of hydrogen-bond donors (Lipinski definition) is 0. The molecule has 0 unspecified atom stereocenters. The molecule has 0 radical (unpaired) electrons. The van der Waals surface area contributed by atoms with E-state index in [4.69, 9.17) is 11.6 Å². The van der Waals surface area contributed by atoms with Gasteiger partial charge in [-0.05, 0) is 23.8 Å². The summed E-state index contributed by atoms with van der Waals surface area (Å²) in [7, 11) is 0. The summed E-state index contributed by atoms with van der Waals surface area (Å²) >= 11 is 6.21. The van der Waals surface area contributed by atoms with E-state index in [9.17, 15) is 9.18 Å². The van der Waals surface area contributed by atoms with Crippen molar-refractivity contribution in [1.29, 1.82) is 0 Å². The molecule has 3 heterocycles. The first kappa shape index (κ1) is 17.0. The van der Waals surface area contributed by atoms with Crippen molar-refractivity contribution in [2.45, 2.75) is 32.6 Å². The summed E-state index contributed by atoms with van der Waals surface area (Å²) < 4.78 is 15.2. The molecule has 0 spiro atoms. The third kappa shape index (κ3) is 2.67. The van der Waals surface area contributed by atoms with E-state index in [0.29, 0.717) is 18.1 Å². The molecule has 0 saturated heterocycles. The number of rotatable bonds is 2. The Kier molecular flexibility index (Phi) is 3.81. The van der Waals surface area contributed by atoms with E-state index >= 15 is 0 Å². The van der Waals surface area contributed by atoms with Gasteiger partial charge in [-0.15, -0.1) is 0 Å². The van der Waals surface area contributed by atoms with Gasteiger partial charge in [0.05, 0.1) is 11.4 Å². The average molecular weight is 372 g/mol. The zero-order chi connectivity index (χ0) is 18.6. The highest BCUT2D eigenvalue weighted by atomic mass is 35.5. The van der Waals surface area contributed by atoms with Gasteiger partial charge in [-0.3, -0.25) is 9.20 Å². The van der Waals surface area contributed by atoms with Crippen LogP contribution in [0.3, 0.4) is 0 Å². The number of carbonyl (C=O) groups is 1. The van der Waals surface area contributed by atoms with E-state index in [-0.39, 0.29) is 17.1 Å². The van der Waals surface area contributed by atoms with E-state index < -0.39 is 0 Å². The van der Waals surface area contributed by atoms with E-state index in [1.54, 1.807) is 30.2 Å². The van der Waals surface area contributed by atoms with Gasteiger partial charge in [0.25, 0.3) is 0 Å². The third-order valence-corrected chi connectivity index (χ3v) is 5.11. The molecule has 0 bridgehead atoms. The minimum atomic E-state index is -0.263. The van der Waals surface area contributed by atoms with Crippen molar-refractivity contribution in [2.24, 2.45) is 0 Å². The molecule has 0 saturated carbocycles. The Balaban J connectivity index is 1.93.